The van der Waals surface area contributed by atoms with Gasteiger partial charge >= 0.3 is 0 Å². The van der Waals surface area contributed by atoms with Crippen molar-refractivity contribution < 1.29 is 14.2 Å². The summed E-state index contributed by atoms with van der Waals surface area (Å²) in [5, 5.41) is 0. The van der Waals surface area contributed by atoms with Gasteiger partial charge in [0, 0.05) is 39.6 Å². The van der Waals surface area contributed by atoms with Gasteiger partial charge in [0.1, 0.15) is 0 Å². The molecule has 0 aromatic carbocycles. The lowest BCUT2D eigenvalue weighted by molar-refractivity contribution is 0.0967. The summed E-state index contributed by atoms with van der Waals surface area (Å²) in [7, 11) is 0. The molecule has 0 aromatic rings. The maximum absolute atomic E-state index is 5.07. The van der Waals surface area contributed by atoms with Crippen LogP contribution in [0.2, 0.25) is 0 Å². The second kappa shape index (κ2) is 19.2. The second-order valence-corrected chi connectivity index (χ2v) is 7.14. The Morgan fingerprint density at radius 1 is 0.208 bits per heavy atom. The molecule has 0 bridgehead atoms. The number of rotatable bonds is 0. The van der Waals surface area contributed by atoms with E-state index in [1.165, 1.54) is 96.3 Å². The maximum atomic E-state index is 5.07. The summed E-state index contributed by atoms with van der Waals surface area (Å²) in [6.07, 6.45) is 20.8. The molecule has 3 saturated heterocycles. The summed E-state index contributed by atoms with van der Waals surface area (Å²) in [6, 6.07) is 0. The van der Waals surface area contributed by atoms with Crippen molar-refractivity contribution in [2.24, 2.45) is 0 Å². The normalized spacial score (nSPS) is 24.0. The van der Waals surface area contributed by atoms with Gasteiger partial charge in [-0.25, -0.2) is 0 Å². The Morgan fingerprint density at radius 2 is 0.375 bits per heavy atom. The lowest BCUT2D eigenvalue weighted by Crippen LogP contribution is -2.03. The molecule has 1 aliphatic carbocycles. The summed E-state index contributed by atoms with van der Waals surface area (Å²) >= 11 is 0. The van der Waals surface area contributed by atoms with Crippen molar-refractivity contribution in [2.75, 3.05) is 39.6 Å². The van der Waals surface area contributed by atoms with Gasteiger partial charge in [0.25, 0.3) is 0 Å². The van der Waals surface area contributed by atoms with Crippen molar-refractivity contribution in [2.45, 2.75) is 96.3 Å². The van der Waals surface area contributed by atoms with Crippen LogP contribution in [0, 0.1) is 0 Å². The van der Waals surface area contributed by atoms with Gasteiger partial charge in [0.2, 0.25) is 0 Å². The minimum Gasteiger partial charge on any atom is -0.381 e. The first kappa shape index (κ1) is 21.9. The molecule has 0 aromatic heterocycles. The van der Waals surface area contributed by atoms with Crippen molar-refractivity contribution in [3.05, 3.63) is 0 Å². The monoisotopic (exact) mass is 342 g/mol. The highest BCUT2D eigenvalue weighted by molar-refractivity contribution is 4.51. The van der Waals surface area contributed by atoms with Crippen molar-refractivity contribution >= 4 is 0 Å². The molecular weight excluding hydrogens is 300 g/mol. The highest BCUT2D eigenvalue weighted by Crippen LogP contribution is 2.15. The number of hydrogen-bond donors (Lipinski definition) is 0. The molecule has 3 aliphatic heterocycles. The lowest BCUT2D eigenvalue weighted by atomic mass is 10.0. The van der Waals surface area contributed by atoms with E-state index in [0.29, 0.717) is 0 Å². The van der Waals surface area contributed by atoms with Crippen molar-refractivity contribution in [1.29, 1.82) is 0 Å². The van der Waals surface area contributed by atoms with Gasteiger partial charge in [-0.05, 0) is 57.8 Å². The number of hydrogen-bond acceptors (Lipinski definition) is 3. The molecule has 3 nitrogen and oxygen atoms in total. The SMILES string of the molecule is C1CCCCC1.C1CCOCC1.C1CCOCC1.C1CCOCC1. The van der Waals surface area contributed by atoms with Gasteiger partial charge in [-0.2, -0.15) is 0 Å². The second-order valence-electron chi connectivity index (χ2n) is 7.14. The third kappa shape index (κ3) is 16.7. The van der Waals surface area contributed by atoms with Gasteiger partial charge in [0.15, 0.2) is 0 Å². The fraction of sp³-hybridized carbons (Fsp3) is 1.00. The van der Waals surface area contributed by atoms with E-state index in [2.05, 4.69) is 0 Å². The zero-order valence-corrected chi connectivity index (χ0v) is 16.1. The molecule has 1 saturated carbocycles. The van der Waals surface area contributed by atoms with Crippen molar-refractivity contribution in [3.8, 4) is 0 Å². The van der Waals surface area contributed by atoms with E-state index in [1.54, 1.807) is 0 Å². The summed E-state index contributed by atoms with van der Waals surface area (Å²) in [6.45, 7) is 6.00. The van der Waals surface area contributed by atoms with Crippen LogP contribution < -0.4 is 0 Å². The van der Waals surface area contributed by atoms with Crippen LogP contribution in [0.3, 0.4) is 0 Å². The quantitative estimate of drug-likeness (QED) is 0.548. The zero-order chi connectivity index (χ0) is 17.0. The average molecular weight is 343 g/mol. The van der Waals surface area contributed by atoms with E-state index < -0.39 is 0 Å². The van der Waals surface area contributed by atoms with Crippen LogP contribution in [0.1, 0.15) is 96.3 Å². The molecule has 0 spiro atoms. The minimum atomic E-state index is 1.00. The molecule has 0 atom stereocenters. The predicted molar refractivity (Wildman–Crippen MR) is 102 cm³/mol. The Labute approximate surface area is 150 Å². The molecular formula is C21H42O3. The third-order valence-electron chi connectivity index (χ3n) is 4.73. The highest BCUT2D eigenvalue weighted by atomic mass is 16.5. The smallest absolute Gasteiger partial charge is 0.0466 e. The van der Waals surface area contributed by atoms with Gasteiger partial charge < -0.3 is 14.2 Å². The Morgan fingerprint density at radius 3 is 0.458 bits per heavy atom. The predicted octanol–water partition coefficient (Wildman–Crippen LogP) is 5.90. The van der Waals surface area contributed by atoms with Crippen LogP contribution in [0.25, 0.3) is 0 Å². The highest BCUT2D eigenvalue weighted by Gasteiger charge is 1.96. The molecule has 0 amide bonds. The minimum absolute atomic E-state index is 1.00. The largest absolute Gasteiger partial charge is 0.381 e. The van der Waals surface area contributed by atoms with Crippen LogP contribution in [-0.2, 0) is 14.2 Å². The molecule has 0 radical (unpaired) electrons. The first-order valence-electron chi connectivity index (χ1n) is 10.7. The van der Waals surface area contributed by atoms with E-state index >= 15 is 0 Å². The van der Waals surface area contributed by atoms with Crippen molar-refractivity contribution in [1.82, 2.24) is 0 Å². The first-order chi connectivity index (χ1) is 12.0. The van der Waals surface area contributed by atoms with E-state index in [4.69, 9.17) is 14.2 Å². The Bertz CT molecular complexity index is 123. The molecule has 144 valence electrons. The first-order valence-corrected chi connectivity index (χ1v) is 10.7. The lowest BCUT2D eigenvalue weighted by Gasteiger charge is -2.08. The average Bonchev–Trinajstić information content (AvgIpc) is 2.75. The molecule has 4 aliphatic rings. The Kier molecular flexibility index (Phi) is 17.5. The van der Waals surface area contributed by atoms with E-state index in [0.717, 1.165) is 39.6 Å². The number of ether oxygens (including phenoxy) is 3. The molecule has 0 N–H and O–H groups in total. The molecule has 4 fully saturated rings. The van der Waals surface area contributed by atoms with Crippen LogP contribution in [0.5, 0.6) is 0 Å². The summed E-state index contributed by atoms with van der Waals surface area (Å²) in [4.78, 5) is 0. The fourth-order valence-electron chi connectivity index (χ4n) is 3.12. The fourth-order valence-corrected chi connectivity index (χ4v) is 3.12. The topological polar surface area (TPSA) is 27.7 Å². The van der Waals surface area contributed by atoms with Crippen LogP contribution in [-0.4, -0.2) is 39.6 Å². The maximum Gasteiger partial charge on any atom is 0.0466 e. The van der Waals surface area contributed by atoms with Crippen molar-refractivity contribution in [3.63, 3.8) is 0 Å². The molecule has 0 unspecified atom stereocenters. The third-order valence-corrected chi connectivity index (χ3v) is 4.73. The van der Waals surface area contributed by atoms with E-state index in [-0.39, 0.29) is 0 Å². The molecule has 4 rings (SSSR count). The standard InChI is InChI=1S/C6H12.3C5H10O/c4*1-2-4-6-5-3-1/h1-6H2;3*1-5H2. The zero-order valence-electron chi connectivity index (χ0n) is 16.1. The summed E-state index contributed by atoms with van der Waals surface area (Å²) in [5.74, 6) is 0. The molecule has 3 heterocycles. The van der Waals surface area contributed by atoms with Crippen LogP contribution in [0.15, 0.2) is 0 Å². The van der Waals surface area contributed by atoms with Gasteiger partial charge in [-0.1, -0.05) is 38.5 Å². The Hall–Kier alpha value is -0.120. The van der Waals surface area contributed by atoms with Crippen LogP contribution >= 0.6 is 0 Å². The van der Waals surface area contributed by atoms with Gasteiger partial charge in [-0.15, -0.1) is 0 Å². The van der Waals surface area contributed by atoms with Gasteiger partial charge in [-0.3, -0.25) is 0 Å². The molecule has 3 heteroatoms. The van der Waals surface area contributed by atoms with Gasteiger partial charge in [0.05, 0.1) is 0 Å². The summed E-state index contributed by atoms with van der Waals surface area (Å²) < 4.78 is 15.2. The van der Waals surface area contributed by atoms with Crippen LogP contribution in [0.4, 0.5) is 0 Å². The Balaban J connectivity index is 0.000000160. The van der Waals surface area contributed by atoms with E-state index in [1.807, 2.05) is 0 Å². The molecule has 24 heavy (non-hydrogen) atoms. The summed E-state index contributed by atoms with van der Waals surface area (Å²) in [5.41, 5.74) is 0. The van der Waals surface area contributed by atoms with E-state index in [9.17, 15) is 0 Å².